The Morgan fingerprint density at radius 2 is 1.85 bits per heavy atom. The molecule has 0 amide bonds. The van der Waals surface area contributed by atoms with E-state index in [9.17, 15) is 4.79 Å². The van der Waals surface area contributed by atoms with E-state index in [0.29, 0.717) is 34.6 Å². The number of methoxy groups -OCH3 is 1. The second-order valence-corrected chi connectivity index (χ2v) is 7.89. The van der Waals surface area contributed by atoms with Crippen molar-refractivity contribution < 1.29 is 19.0 Å². The van der Waals surface area contributed by atoms with Crippen molar-refractivity contribution in [3.05, 3.63) is 89.3 Å². The minimum absolute atomic E-state index is 0.334. The van der Waals surface area contributed by atoms with E-state index in [4.69, 9.17) is 14.2 Å². The van der Waals surface area contributed by atoms with E-state index >= 15 is 0 Å². The van der Waals surface area contributed by atoms with E-state index in [1.807, 2.05) is 42.6 Å². The largest absolute Gasteiger partial charge is 0.497 e. The van der Waals surface area contributed by atoms with Crippen LogP contribution < -0.4 is 19.6 Å². The SMILES string of the molecule is CCOc1cc(C=NNc2nc(-c3ccccc3)cs2)ccc1OC(=O)c1ccc(OC)cc1. The summed E-state index contributed by atoms with van der Waals surface area (Å²) in [6.45, 7) is 2.29. The zero-order valence-electron chi connectivity index (χ0n) is 18.7. The molecular formula is C26H23N3O4S. The van der Waals surface area contributed by atoms with Gasteiger partial charge in [-0.15, -0.1) is 11.3 Å². The Bertz CT molecular complexity index is 1270. The van der Waals surface area contributed by atoms with Crippen molar-refractivity contribution in [2.45, 2.75) is 6.92 Å². The maximum absolute atomic E-state index is 12.5. The smallest absolute Gasteiger partial charge is 0.343 e. The van der Waals surface area contributed by atoms with Gasteiger partial charge in [-0.3, -0.25) is 5.43 Å². The lowest BCUT2D eigenvalue weighted by Crippen LogP contribution is -2.09. The molecule has 3 aromatic carbocycles. The molecule has 1 heterocycles. The number of ether oxygens (including phenoxy) is 3. The molecule has 0 radical (unpaired) electrons. The number of carbonyl (C=O) groups excluding carboxylic acids is 1. The van der Waals surface area contributed by atoms with Gasteiger partial charge in [0.05, 0.1) is 31.2 Å². The number of rotatable bonds is 9. The minimum Gasteiger partial charge on any atom is -0.497 e. The summed E-state index contributed by atoms with van der Waals surface area (Å²) in [6, 6.07) is 21.9. The fourth-order valence-corrected chi connectivity index (χ4v) is 3.74. The van der Waals surface area contributed by atoms with Crippen LogP contribution >= 0.6 is 11.3 Å². The van der Waals surface area contributed by atoms with Gasteiger partial charge in [-0.2, -0.15) is 5.10 Å². The average Bonchev–Trinajstić information content (AvgIpc) is 3.35. The Morgan fingerprint density at radius 3 is 2.59 bits per heavy atom. The second-order valence-electron chi connectivity index (χ2n) is 7.03. The first-order chi connectivity index (χ1) is 16.7. The highest BCUT2D eigenvalue weighted by Gasteiger charge is 2.13. The van der Waals surface area contributed by atoms with Crippen LogP contribution in [0, 0.1) is 0 Å². The molecule has 1 N–H and O–H groups in total. The number of benzene rings is 3. The molecular weight excluding hydrogens is 450 g/mol. The summed E-state index contributed by atoms with van der Waals surface area (Å²) in [6.07, 6.45) is 1.65. The summed E-state index contributed by atoms with van der Waals surface area (Å²) < 4.78 is 16.4. The number of nitrogens with zero attached hydrogens (tertiary/aromatic N) is 2. The van der Waals surface area contributed by atoms with Gasteiger partial charge >= 0.3 is 5.97 Å². The van der Waals surface area contributed by atoms with Crippen molar-refractivity contribution in [1.29, 1.82) is 0 Å². The molecule has 0 atom stereocenters. The van der Waals surface area contributed by atoms with Crippen LogP contribution in [0.1, 0.15) is 22.8 Å². The molecule has 0 fully saturated rings. The van der Waals surface area contributed by atoms with E-state index in [-0.39, 0.29) is 0 Å². The van der Waals surface area contributed by atoms with Gasteiger partial charge in [-0.05, 0) is 55.0 Å². The van der Waals surface area contributed by atoms with Crippen LogP contribution in [0.4, 0.5) is 5.13 Å². The summed E-state index contributed by atoms with van der Waals surface area (Å²) in [7, 11) is 1.57. The molecule has 0 bridgehead atoms. The quantitative estimate of drug-likeness (QED) is 0.141. The summed E-state index contributed by atoms with van der Waals surface area (Å²) in [5.41, 5.74) is 6.09. The van der Waals surface area contributed by atoms with Crippen LogP contribution in [-0.4, -0.2) is 30.9 Å². The highest BCUT2D eigenvalue weighted by Crippen LogP contribution is 2.29. The van der Waals surface area contributed by atoms with Crippen molar-refractivity contribution in [3.63, 3.8) is 0 Å². The van der Waals surface area contributed by atoms with E-state index in [1.165, 1.54) is 11.3 Å². The minimum atomic E-state index is -0.482. The molecule has 172 valence electrons. The van der Waals surface area contributed by atoms with Crippen LogP contribution in [0.2, 0.25) is 0 Å². The van der Waals surface area contributed by atoms with Gasteiger partial charge < -0.3 is 14.2 Å². The fourth-order valence-electron chi connectivity index (χ4n) is 3.07. The zero-order valence-corrected chi connectivity index (χ0v) is 19.5. The number of esters is 1. The Morgan fingerprint density at radius 1 is 1.06 bits per heavy atom. The van der Waals surface area contributed by atoms with Crippen LogP contribution in [-0.2, 0) is 0 Å². The van der Waals surface area contributed by atoms with E-state index < -0.39 is 5.97 Å². The van der Waals surface area contributed by atoms with Crippen LogP contribution in [0.25, 0.3) is 11.3 Å². The van der Waals surface area contributed by atoms with Gasteiger partial charge in [0, 0.05) is 10.9 Å². The number of hydrazone groups is 1. The Labute approximate surface area is 201 Å². The summed E-state index contributed by atoms with van der Waals surface area (Å²) >= 11 is 1.47. The fraction of sp³-hybridized carbons (Fsp3) is 0.115. The molecule has 34 heavy (non-hydrogen) atoms. The first-order valence-corrected chi connectivity index (χ1v) is 11.5. The molecule has 0 aliphatic rings. The molecule has 7 nitrogen and oxygen atoms in total. The van der Waals surface area contributed by atoms with Crippen molar-refractivity contribution in [1.82, 2.24) is 4.98 Å². The summed E-state index contributed by atoms with van der Waals surface area (Å²) in [5.74, 6) is 0.969. The number of nitrogens with one attached hydrogen (secondary N) is 1. The normalized spacial score (nSPS) is 10.8. The van der Waals surface area contributed by atoms with Crippen molar-refractivity contribution in [3.8, 4) is 28.5 Å². The van der Waals surface area contributed by atoms with Gasteiger partial charge in [-0.1, -0.05) is 30.3 Å². The number of aromatic nitrogens is 1. The topological polar surface area (TPSA) is 82.0 Å². The Hall–Kier alpha value is -4.17. The monoisotopic (exact) mass is 473 g/mol. The third-order valence-electron chi connectivity index (χ3n) is 4.74. The second kappa shape index (κ2) is 11.1. The Balaban J connectivity index is 1.43. The first-order valence-electron chi connectivity index (χ1n) is 10.6. The predicted molar refractivity (Wildman–Crippen MR) is 134 cm³/mol. The van der Waals surface area contributed by atoms with E-state index in [1.54, 1.807) is 55.8 Å². The molecule has 0 saturated carbocycles. The summed E-state index contributed by atoms with van der Waals surface area (Å²) in [5, 5.41) is 6.94. The number of anilines is 1. The number of hydrogen-bond donors (Lipinski definition) is 1. The molecule has 8 heteroatoms. The molecule has 4 rings (SSSR count). The third kappa shape index (κ3) is 5.79. The highest BCUT2D eigenvalue weighted by atomic mass is 32.1. The molecule has 0 aliphatic heterocycles. The van der Waals surface area contributed by atoms with Crippen molar-refractivity contribution >= 4 is 28.7 Å². The lowest BCUT2D eigenvalue weighted by molar-refractivity contribution is 0.0728. The lowest BCUT2D eigenvalue weighted by Gasteiger charge is -2.11. The van der Waals surface area contributed by atoms with Gasteiger partial charge in [-0.25, -0.2) is 9.78 Å². The molecule has 0 unspecified atom stereocenters. The van der Waals surface area contributed by atoms with Crippen molar-refractivity contribution in [2.24, 2.45) is 5.10 Å². The lowest BCUT2D eigenvalue weighted by atomic mass is 10.2. The third-order valence-corrected chi connectivity index (χ3v) is 5.49. The van der Waals surface area contributed by atoms with Gasteiger partial charge in [0.15, 0.2) is 11.5 Å². The first kappa shape index (κ1) is 23.0. The van der Waals surface area contributed by atoms with Gasteiger partial charge in [0.2, 0.25) is 5.13 Å². The number of thiazole rings is 1. The van der Waals surface area contributed by atoms with Crippen LogP contribution in [0.5, 0.6) is 17.2 Å². The number of carbonyl (C=O) groups is 1. The molecule has 0 aliphatic carbocycles. The standard InChI is InChI=1S/C26H23N3O4S/c1-3-32-24-15-18(9-14-23(24)33-25(30)20-10-12-21(31-2)13-11-20)16-27-29-26-28-22(17-34-26)19-7-5-4-6-8-19/h4-17H,3H2,1-2H3,(H,28,29). The van der Waals surface area contributed by atoms with Crippen LogP contribution in [0.15, 0.2) is 83.3 Å². The molecule has 4 aromatic rings. The maximum atomic E-state index is 12.5. The molecule has 0 saturated heterocycles. The van der Waals surface area contributed by atoms with Crippen molar-refractivity contribution in [2.75, 3.05) is 19.1 Å². The maximum Gasteiger partial charge on any atom is 0.343 e. The number of hydrogen-bond acceptors (Lipinski definition) is 8. The predicted octanol–water partition coefficient (Wildman–Crippen LogP) is 5.88. The van der Waals surface area contributed by atoms with Gasteiger partial charge in [0.1, 0.15) is 5.75 Å². The van der Waals surface area contributed by atoms with Crippen LogP contribution in [0.3, 0.4) is 0 Å². The van der Waals surface area contributed by atoms with E-state index in [0.717, 1.165) is 16.8 Å². The highest BCUT2D eigenvalue weighted by molar-refractivity contribution is 7.14. The summed E-state index contributed by atoms with van der Waals surface area (Å²) in [4.78, 5) is 17.1. The van der Waals surface area contributed by atoms with E-state index in [2.05, 4.69) is 15.5 Å². The zero-order chi connectivity index (χ0) is 23.8. The average molecular weight is 474 g/mol. The van der Waals surface area contributed by atoms with Gasteiger partial charge in [0.25, 0.3) is 0 Å². The molecule has 0 spiro atoms. The molecule has 1 aromatic heterocycles. The Kier molecular flexibility index (Phi) is 7.52.